The summed E-state index contributed by atoms with van der Waals surface area (Å²) in [7, 11) is -3.33. The molecule has 2 aromatic carbocycles. The van der Waals surface area contributed by atoms with Gasteiger partial charge in [0.05, 0.1) is 12.3 Å². The molecule has 2 rings (SSSR count). The zero-order valence-electron chi connectivity index (χ0n) is 15.0. The number of hydrogen-bond donors (Lipinski definition) is 2. The highest BCUT2D eigenvalue weighted by Gasteiger charge is 2.15. The summed E-state index contributed by atoms with van der Waals surface area (Å²) in [6, 6.07) is 12.5. The van der Waals surface area contributed by atoms with Crippen LogP contribution in [-0.4, -0.2) is 20.6 Å². The molecular formula is C19H24N2O3S. The van der Waals surface area contributed by atoms with Gasteiger partial charge in [0.1, 0.15) is 0 Å². The monoisotopic (exact) mass is 360 g/mol. The van der Waals surface area contributed by atoms with Gasteiger partial charge in [0.15, 0.2) is 0 Å². The fourth-order valence-electron chi connectivity index (χ4n) is 2.55. The summed E-state index contributed by atoms with van der Waals surface area (Å²) < 4.78 is 24.8. The maximum absolute atomic E-state index is 12.5. The normalized spacial score (nSPS) is 12.5. The molecule has 0 heterocycles. The molecule has 0 saturated heterocycles. The Hall–Kier alpha value is -2.34. The Morgan fingerprint density at radius 1 is 1.04 bits per heavy atom. The molecule has 0 saturated carbocycles. The van der Waals surface area contributed by atoms with Gasteiger partial charge in [0.25, 0.3) is 5.91 Å². The van der Waals surface area contributed by atoms with Crippen LogP contribution in [0.5, 0.6) is 0 Å². The van der Waals surface area contributed by atoms with Crippen molar-refractivity contribution in [3.8, 4) is 0 Å². The summed E-state index contributed by atoms with van der Waals surface area (Å²) in [4.78, 5) is 12.5. The number of sulfonamides is 1. The highest BCUT2D eigenvalue weighted by Crippen LogP contribution is 2.21. The molecule has 6 heteroatoms. The minimum atomic E-state index is -3.33. The van der Waals surface area contributed by atoms with Gasteiger partial charge in [-0.2, -0.15) is 0 Å². The first-order chi connectivity index (χ1) is 11.7. The fraction of sp³-hybridized carbons (Fsp3) is 0.316. The molecule has 134 valence electrons. The minimum Gasteiger partial charge on any atom is -0.345 e. The molecule has 5 nitrogen and oxygen atoms in total. The molecule has 0 fully saturated rings. The Bertz CT molecular complexity index is 859. The molecule has 0 aromatic heterocycles. The number of aryl methyl sites for hydroxylation is 2. The number of hydrogen-bond acceptors (Lipinski definition) is 3. The summed E-state index contributed by atoms with van der Waals surface area (Å²) in [6.45, 7) is 6.14. The number of benzene rings is 2. The largest absolute Gasteiger partial charge is 0.345 e. The van der Waals surface area contributed by atoms with E-state index in [0.29, 0.717) is 11.3 Å². The van der Waals surface area contributed by atoms with Crippen LogP contribution in [0.4, 0.5) is 5.69 Å². The second-order valence-electron chi connectivity index (χ2n) is 6.23. The van der Waals surface area contributed by atoms with Gasteiger partial charge in [-0.15, -0.1) is 0 Å². The van der Waals surface area contributed by atoms with Crippen LogP contribution in [0.15, 0.2) is 42.5 Å². The van der Waals surface area contributed by atoms with E-state index in [9.17, 15) is 13.2 Å². The van der Waals surface area contributed by atoms with Crippen molar-refractivity contribution in [2.24, 2.45) is 0 Å². The van der Waals surface area contributed by atoms with Crippen LogP contribution in [0.2, 0.25) is 0 Å². The third kappa shape index (κ3) is 5.32. The van der Waals surface area contributed by atoms with Crippen molar-refractivity contribution in [2.45, 2.75) is 33.2 Å². The first kappa shape index (κ1) is 19.0. The van der Waals surface area contributed by atoms with Gasteiger partial charge >= 0.3 is 0 Å². The van der Waals surface area contributed by atoms with Gasteiger partial charge in [0, 0.05) is 11.3 Å². The van der Waals surface area contributed by atoms with Crippen molar-refractivity contribution in [3.63, 3.8) is 0 Å². The third-order valence-electron chi connectivity index (χ3n) is 4.10. The first-order valence-corrected chi connectivity index (χ1v) is 10.0. The molecule has 0 aliphatic carbocycles. The van der Waals surface area contributed by atoms with Crippen LogP contribution >= 0.6 is 0 Å². The van der Waals surface area contributed by atoms with Crippen LogP contribution < -0.4 is 10.0 Å². The highest BCUT2D eigenvalue weighted by molar-refractivity contribution is 7.92. The maximum atomic E-state index is 12.5. The van der Waals surface area contributed by atoms with Gasteiger partial charge in [-0.1, -0.05) is 25.1 Å². The van der Waals surface area contributed by atoms with Crippen molar-refractivity contribution in [1.82, 2.24) is 5.32 Å². The van der Waals surface area contributed by atoms with Crippen LogP contribution in [0, 0.1) is 13.8 Å². The number of rotatable bonds is 6. The van der Waals surface area contributed by atoms with Crippen LogP contribution in [0.3, 0.4) is 0 Å². The predicted octanol–water partition coefficient (Wildman–Crippen LogP) is 3.56. The Morgan fingerprint density at radius 2 is 1.68 bits per heavy atom. The molecule has 1 amide bonds. The van der Waals surface area contributed by atoms with Crippen molar-refractivity contribution in [2.75, 3.05) is 11.0 Å². The van der Waals surface area contributed by atoms with Gasteiger partial charge in [-0.25, -0.2) is 8.42 Å². The summed E-state index contributed by atoms with van der Waals surface area (Å²) in [6.07, 6.45) is 1.87. The quantitative estimate of drug-likeness (QED) is 0.827. The molecule has 2 N–H and O–H groups in total. The molecule has 0 aliphatic heterocycles. The summed E-state index contributed by atoms with van der Waals surface area (Å²) >= 11 is 0. The van der Waals surface area contributed by atoms with Gasteiger partial charge in [0.2, 0.25) is 10.0 Å². The maximum Gasteiger partial charge on any atom is 0.251 e. The molecular weight excluding hydrogens is 336 g/mol. The molecule has 2 aromatic rings. The van der Waals surface area contributed by atoms with E-state index in [-0.39, 0.29) is 11.9 Å². The average Bonchev–Trinajstić information content (AvgIpc) is 2.54. The lowest BCUT2D eigenvalue weighted by atomic mass is 9.99. The standard InChI is InChI=1S/C19H24N2O3S/c1-5-18(16-7-6-13(2)14(3)12-16)20-19(22)15-8-10-17(11-9-15)21-25(4,23)24/h6-12,18,21H,5H2,1-4H3,(H,20,22)/t18-/m1/s1. The summed E-state index contributed by atoms with van der Waals surface area (Å²) in [5.74, 6) is -0.184. The zero-order valence-corrected chi connectivity index (χ0v) is 15.8. The van der Waals surface area contributed by atoms with E-state index in [4.69, 9.17) is 0 Å². The molecule has 0 spiro atoms. The van der Waals surface area contributed by atoms with Gasteiger partial charge in [-0.3, -0.25) is 9.52 Å². The minimum absolute atomic E-state index is 0.0689. The zero-order chi connectivity index (χ0) is 18.6. The van der Waals surface area contributed by atoms with E-state index in [2.05, 4.69) is 36.0 Å². The lowest BCUT2D eigenvalue weighted by Gasteiger charge is -2.19. The number of anilines is 1. The lowest BCUT2D eigenvalue weighted by molar-refractivity contribution is 0.0935. The Morgan fingerprint density at radius 3 is 2.20 bits per heavy atom. The summed E-state index contributed by atoms with van der Waals surface area (Å²) in [5, 5.41) is 3.04. The van der Waals surface area contributed by atoms with Crippen molar-refractivity contribution in [1.29, 1.82) is 0 Å². The molecule has 0 unspecified atom stereocenters. The molecule has 0 radical (unpaired) electrons. The molecule has 25 heavy (non-hydrogen) atoms. The van der Waals surface area contributed by atoms with Gasteiger partial charge < -0.3 is 5.32 Å². The molecule has 1 atom stereocenters. The smallest absolute Gasteiger partial charge is 0.251 e. The topological polar surface area (TPSA) is 75.3 Å². The third-order valence-corrected chi connectivity index (χ3v) is 4.70. The first-order valence-electron chi connectivity index (χ1n) is 8.15. The SMILES string of the molecule is CC[C@@H](NC(=O)c1ccc(NS(C)(=O)=O)cc1)c1ccc(C)c(C)c1. The van der Waals surface area contributed by atoms with E-state index in [1.807, 2.05) is 13.0 Å². The second-order valence-corrected chi connectivity index (χ2v) is 7.98. The van der Waals surface area contributed by atoms with Crippen molar-refractivity contribution in [3.05, 3.63) is 64.7 Å². The number of nitrogens with one attached hydrogen (secondary N) is 2. The van der Waals surface area contributed by atoms with Crippen molar-refractivity contribution < 1.29 is 13.2 Å². The molecule has 0 bridgehead atoms. The van der Waals surface area contributed by atoms with E-state index >= 15 is 0 Å². The van der Waals surface area contributed by atoms with Gasteiger partial charge in [-0.05, 0) is 61.2 Å². The number of carbonyl (C=O) groups excluding carboxylic acids is 1. The van der Waals surface area contributed by atoms with Crippen LogP contribution in [0.1, 0.15) is 46.4 Å². The second kappa shape index (κ2) is 7.70. The Balaban J connectivity index is 2.12. The van der Waals surface area contributed by atoms with Crippen LogP contribution in [-0.2, 0) is 10.0 Å². The number of carbonyl (C=O) groups is 1. The molecule has 0 aliphatic rings. The van der Waals surface area contributed by atoms with Crippen LogP contribution in [0.25, 0.3) is 0 Å². The Labute approximate surface area is 149 Å². The van der Waals surface area contributed by atoms with E-state index in [0.717, 1.165) is 18.2 Å². The van der Waals surface area contributed by atoms with E-state index in [1.165, 1.54) is 11.1 Å². The lowest BCUT2D eigenvalue weighted by Crippen LogP contribution is -2.28. The Kier molecular flexibility index (Phi) is 5.85. The predicted molar refractivity (Wildman–Crippen MR) is 101 cm³/mol. The van der Waals surface area contributed by atoms with E-state index < -0.39 is 10.0 Å². The van der Waals surface area contributed by atoms with E-state index in [1.54, 1.807) is 24.3 Å². The fourth-order valence-corrected chi connectivity index (χ4v) is 3.11. The summed E-state index contributed by atoms with van der Waals surface area (Å²) in [5.41, 5.74) is 4.41. The van der Waals surface area contributed by atoms with Crippen molar-refractivity contribution >= 4 is 21.6 Å². The average molecular weight is 360 g/mol. The number of amides is 1. The highest BCUT2D eigenvalue weighted by atomic mass is 32.2.